The molecule has 144 valence electrons. The van der Waals surface area contributed by atoms with Crippen LogP contribution in [0.4, 0.5) is 23.2 Å². The van der Waals surface area contributed by atoms with Gasteiger partial charge in [-0.15, -0.1) is 0 Å². The van der Waals surface area contributed by atoms with Gasteiger partial charge in [0.05, 0.1) is 10.5 Å². The predicted octanol–water partition coefficient (Wildman–Crippen LogP) is 3.19. The van der Waals surface area contributed by atoms with Gasteiger partial charge in [-0.1, -0.05) is 6.07 Å². The van der Waals surface area contributed by atoms with Gasteiger partial charge in [-0.3, -0.25) is 14.9 Å². The number of carbonyl (C=O) groups excluding carboxylic acids is 1. The zero-order valence-electron chi connectivity index (χ0n) is 13.5. The Morgan fingerprint density at radius 2 is 1.96 bits per heavy atom. The average molecular weight is 389 g/mol. The molecule has 0 aliphatic carbocycles. The SMILES string of the molecule is CC(Oc1cccc(Oc2ncc(C(F)(F)F)cc2F)c1[N+](=O)[O-])C(N)=O. The summed E-state index contributed by atoms with van der Waals surface area (Å²) in [4.78, 5) is 24.7. The van der Waals surface area contributed by atoms with Gasteiger partial charge in [0.2, 0.25) is 11.5 Å². The number of pyridine rings is 1. The zero-order valence-corrected chi connectivity index (χ0v) is 13.5. The van der Waals surface area contributed by atoms with E-state index in [4.69, 9.17) is 15.2 Å². The first kappa shape index (κ1) is 19.9. The maximum Gasteiger partial charge on any atom is 0.417 e. The number of nitro groups is 1. The van der Waals surface area contributed by atoms with Gasteiger partial charge in [0, 0.05) is 6.20 Å². The molecule has 1 heterocycles. The summed E-state index contributed by atoms with van der Waals surface area (Å²) in [7, 11) is 0. The molecule has 0 aliphatic heterocycles. The highest BCUT2D eigenvalue weighted by Crippen LogP contribution is 2.40. The van der Waals surface area contributed by atoms with E-state index in [-0.39, 0.29) is 6.07 Å². The van der Waals surface area contributed by atoms with Crippen LogP contribution in [0.3, 0.4) is 0 Å². The van der Waals surface area contributed by atoms with E-state index in [2.05, 4.69) is 4.98 Å². The molecule has 8 nitrogen and oxygen atoms in total. The molecule has 1 unspecified atom stereocenters. The first-order chi connectivity index (χ1) is 12.5. The van der Waals surface area contributed by atoms with Gasteiger partial charge in [0.15, 0.2) is 11.9 Å². The van der Waals surface area contributed by atoms with Crippen molar-refractivity contribution in [2.45, 2.75) is 19.2 Å². The number of aromatic nitrogens is 1. The normalized spacial score (nSPS) is 12.3. The van der Waals surface area contributed by atoms with E-state index in [1.165, 1.54) is 13.0 Å². The molecule has 1 aromatic heterocycles. The average Bonchev–Trinajstić information content (AvgIpc) is 2.55. The van der Waals surface area contributed by atoms with Crippen molar-refractivity contribution in [3.05, 3.63) is 52.0 Å². The molecular weight excluding hydrogens is 378 g/mol. The van der Waals surface area contributed by atoms with Crippen LogP contribution < -0.4 is 15.2 Å². The van der Waals surface area contributed by atoms with Gasteiger partial charge in [-0.2, -0.15) is 13.2 Å². The number of nitro benzene ring substituents is 1. The number of amides is 1. The first-order valence-electron chi connectivity index (χ1n) is 7.14. The molecule has 2 rings (SSSR count). The number of hydrogen-bond acceptors (Lipinski definition) is 6. The second-order valence-electron chi connectivity index (χ2n) is 5.13. The fourth-order valence-corrected chi connectivity index (χ4v) is 1.87. The minimum atomic E-state index is -4.82. The molecule has 0 radical (unpaired) electrons. The summed E-state index contributed by atoms with van der Waals surface area (Å²) >= 11 is 0. The highest BCUT2D eigenvalue weighted by atomic mass is 19.4. The van der Waals surface area contributed by atoms with Crippen molar-refractivity contribution in [2.75, 3.05) is 0 Å². The highest BCUT2D eigenvalue weighted by molar-refractivity contribution is 5.79. The largest absolute Gasteiger partial charge is 0.474 e. The lowest BCUT2D eigenvalue weighted by atomic mass is 10.2. The fourth-order valence-electron chi connectivity index (χ4n) is 1.87. The Labute approximate surface area is 148 Å². The molecule has 0 saturated carbocycles. The lowest BCUT2D eigenvalue weighted by Gasteiger charge is -2.13. The summed E-state index contributed by atoms with van der Waals surface area (Å²) in [5, 5.41) is 11.3. The smallest absolute Gasteiger partial charge is 0.417 e. The standard InChI is InChI=1S/C15H11F4N3O5/c1-7(13(20)23)26-10-3-2-4-11(12(10)22(24)25)27-14-9(16)5-8(6-21-14)15(17,18)19/h2-7H,1H3,(H2,20,23). The fraction of sp³-hybridized carbons (Fsp3) is 0.200. The number of rotatable bonds is 6. The summed E-state index contributed by atoms with van der Waals surface area (Å²) in [6.45, 7) is 1.25. The van der Waals surface area contributed by atoms with Crippen LogP contribution in [0.1, 0.15) is 12.5 Å². The van der Waals surface area contributed by atoms with Crippen LogP contribution in [0, 0.1) is 15.9 Å². The number of primary amides is 1. The summed E-state index contributed by atoms with van der Waals surface area (Å²) in [6.07, 6.45) is -5.73. The zero-order chi connectivity index (χ0) is 20.4. The monoisotopic (exact) mass is 389 g/mol. The summed E-state index contributed by atoms with van der Waals surface area (Å²) in [5.41, 5.74) is 2.89. The van der Waals surface area contributed by atoms with Crippen LogP contribution in [0.2, 0.25) is 0 Å². The Hall–Kier alpha value is -3.44. The Kier molecular flexibility index (Phi) is 5.47. The number of carbonyl (C=O) groups is 1. The van der Waals surface area contributed by atoms with E-state index in [1.54, 1.807) is 0 Å². The van der Waals surface area contributed by atoms with Crippen LogP contribution in [-0.4, -0.2) is 21.9 Å². The third kappa shape index (κ3) is 4.59. The van der Waals surface area contributed by atoms with Crippen molar-refractivity contribution in [1.29, 1.82) is 0 Å². The number of para-hydroxylation sites is 1. The van der Waals surface area contributed by atoms with Gasteiger partial charge in [-0.25, -0.2) is 9.37 Å². The molecule has 27 heavy (non-hydrogen) atoms. The number of hydrogen-bond donors (Lipinski definition) is 1. The molecule has 0 fully saturated rings. The second-order valence-corrected chi connectivity index (χ2v) is 5.13. The number of alkyl halides is 3. The Morgan fingerprint density at radius 3 is 2.48 bits per heavy atom. The lowest BCUT2D eigenvalue weighted by Crippen LogP contribution is -2.30. The minimum absolute atomic E-state index is 0.143. The lowest BCUT2D eigenvalue weighted by molar-refractivity contribution is -0.386. The van der Waals surface area contributed by atoms with Crippen molar-refractivity contribution >= 4 is 11.6 Å². The number of nitrogens with zero attached hydrogens (tertiary/aromatic N) is 2. The molecule has 12 heteroatoms. The molecule has 0 spiro atoms. The van der Waals surface area contributed by atoms with Gasteiger partial charge in [0.25, 0.3) is 11.8 Å². The molecule has 0 bridgehead atoms. The van der Waals surface area contributed by atoms with E-state index in [1.807, 2.05) is 0 Å². The third-order valence-corrected chi connectivity index (χ3v) is 3.19. The summed E-state index contributed by atoms with van der Waals surface area (Å²) < 4.78 is 61.5. The Bertz CT molecular complexity index is 888. The number of ether oxygens (including phenoxy) is 2. The van der Waals surface area contributed by atoms with E-state index < -0.39 is 57.6 Å². The Balaban J connectivity index is 2.42. The quantitative estimate of drug-likeness (QED) is 0.461. The van der Waals surface area contributed by atoms with Crippen LogP contribution >= 0.6 is 0 Å². The van der Waals surface area contributed by atoms with Crippen molar-refractivity contribution < 1.29 is 36.8 Å². The van der Waals surface area contributed by atoms with E-state index in [9.17, 15) is 32.5 Å². The Morgan fingerprint density at radius 1 is 1.33 bits per heavy atom. The summed E-state index contributed by atoms with van der Waals surface area (Å²) in [5.74, 6) is -4.25. The molecule has 0 aliphatic rings. The molecule has 2 aromatic rings. The van der Waals surface area contributed by atoms with E-state index in [0.717, 1.165) is 12.1 Å². The van der Waals surface area contributed by atoms with Crippen molar-refractivity contribution in [3.8, 4) is 17.4 Å². The maximum absolute atomic E-state index is 13.9. The minimum Gasteiger partial charge on any atom is -0.474 e. The van der Waals surface area contributed by atoms with Gasteiger partial charge >= 0.3 is 11.9 Å². The van der Waals surface area contributed by atoms with E-state index in [0.29, 0.717) is 6.20 Å². The van der Waals surface area contributed by atoms with E-state index >= 15 is 0 Å². The number of benzene rings is 1. The van der Waals surface area contributed by atoms with Crippen LogP contribution in [-0.2, 0) is 11.0 Å². The van der Waals surface area contributed by atoms with Crippen LogP contribution in [0.5, 0.6) is 17.4 Å². The molecule has 1 aromatic carbocycles. The molecule has 1 amide bonds. The highest BCUT2D eigenvalue weighted by Gasteiger charge is 2.33. The van der Waals surface area contributed by atoms with Gasteiger partial charge < -0.3 is 15.2 Å². The third-order valence-electron chi connectivity index (χ3n) is 3.19. The topological polar surface area (TPSA) is 118 Å². The van der Waals surface area contributed by atoms with Gasteiger partial charge in [0.1, 0.15) is 0 Å². The van der Waals surface area contributed by atoms with Crippen LogP contribution in [0.25, 0.3) is 0 Å². The predicted molar refractivity (Wildman–Crippen MR) is 81.7 cm³/mol. The molecule has 1 atom stereocenters. The number of nitrogens with two attached hydrogens (primary N) is 1. The number of halogens is 4. The first-order valence-corrected chi connectivity index (χ1v) is 7.14. The van der Waals surface area contributed by atoms with Crippen LogP contribution in [0.15, 0.2) is 30.5 Å². The van der Waals surface area contributed by atoms with Crippen molar-refractivity contribution in [3.63, 3.8) is 0 Å². The van der Waals surface area contributed by atoms with Crippen molar-refractivity contribution in [1.82, 2.24) is 4.98 Å². The molecule has 0 saturated heterocycles. The van der Waals surface area contributed by atoms with Crippen molar-refractivity contribution in [2.24, 2.45) is 5.73 Å². The maximum atomic E-state index is 13.9. The molecular formula is C15H11F4N3O5. The molecule has 2 N–H and O–H groups in total. The van der Waals surface area contributed by atoms with Gasteiger partial charge in [-0.05, 0) is 25.1 Å². The summed E-state index contributed by atoms with van der Waals surface area (Å²) in [6, 6.07) is 3.57. The second kappa shape index (κ2) is 7.43.